The van der Waals surface area contributed by atoms with E-state index in [4.69, 9.17) is 8.94 Å². The summed E-state index contributed by atoms with van der Waals surface area (Å²) in [6, 6.07) is 5.37. The minimum absolute atomic E-state index is 0.424. The number of aliphatic hydroxyl groups excluding tert-OH is 1. The molecule has 3 heterocycles. The van der Waals surface area contributed by atoms with E-state index < -0.39 is 6.10 Å². The van der Waals surface area contributed by atoms with E-state index in [9.17, 15) is 5.11 Å². The first-order valence-corrected chi connectivity index (χ1v) is 6.34. The molecule has 0 spiro atoms. The highest BCUT2D eigenvalue weighted by Gasteiger charge is 2.12. The molecule has 0 saturated heterocycles. The van der Waals surface area contributed by atoms with Crippen molar-refractivity contribution in [1.82, 2.24) is 20.2 Å². The summed E-state index contributed by atoms with van der Waals surface area (Å²) in [5, 5.41) is 21.5. The van der Waals surface area contributed by atoms with Crippen LogP contribution in [0.1, 0.15) is 30.8 Å². The van der Waals surface area contributed by atoms with E-state index in [2.05, 4.69) is 15.5 Å². The van der Waals surface area contributed by atoms with Crippen LogP contribution in [-0.4, -0.2) is 25.3 Å². The average Bonchev–Trinajstić information content (AvgIpc) is 3.19. The fourth-order valence-corrected chi connectivity index (χ4v) is 1.84. The molecule has 0 aliphatic rings. The van der Waals surface area contributed by atoms with Crippen molar-refractivity contribution in [3.8, 4) is 11.5 Å². The first kappa shape index (κ1) is 12.6. The summed E-state index contributed by atoms with van der Waals surface area (Å²) in [6.45, 7) is 2.31. The summed E-state index contributed by atoms with van der Waals surface area (Å²) in [6.07, 6.45) is 3.30. The molecule has 0 fully saturated rings. The van der Waals surface area contributed by atoms with Crippen LogP contribution in [0.25, 0.3) is 11.5 Å². The van der Waals surface area contributed by atoms with E-state index in [-0.39, 0.29) is 0 Å². The normalized spacial score (nSPS) is 12.7. The molecule has 104 valence electrons. The third kappa shape index (κ3) is 2.48. The van der Waals surface area contributed by atoms with Crippen LogP contribution in [0.15, 0.2) is 39.6 Å². The maximum absolute atomic E-state index is 9.68. The zero-order valence-electron chi connectivity index (χ0n) is 10.9. The van der Waals surface area contributed by atoms with Gasteiger partial charge in [0.05, 0.1) is 25.1 Å². The Morgan fingerprint density at radius 1 is 1.40 bits per heavy atom. The predicted octanol–water partition coefficient (Wildman–Crippen LogP) is 2.02. The number of rotatable bonds is 5. The maximum Gasteiger partial charge on any atom is 0.202 e. The van der Waals surface area contributed by atoms with Crippen LogP contribution in [0.3, 0.4) is 0 Å². The van der Waals surface area contributed by atoms with E-state index in [0.29, 0.717) is 35.9 Å². The standard InChI is InChI=1S/C13H14N4O3/c1-2-11(18)10-8-17(16-14-10)7-9-6-13(20-15-9)12-4-3-5-19-12/h3-6,8,11,18H,2,7H2,1H3. The molecule has 1 N–H and O–H groups in total. The van der Waals surface area contributed by atoms with Crippen LogP contribution in [0, 0.1) is 0 Å². The summed E-state index contributed by atoms with van der Waals surface area (Å²) in [5.74, 6) is 1.20. The Bertz CT molecular complexity index is 671. The molecule has 3 aromatic heterocycles. The van der Waals surface area contributed by atoms with Gasteiger partial charge in [-0.1, -0.05) is 17.3 Å². The van der Waals surface area contributed by atoms with Crippen molar-refractivity contribution in [3.05, 3.63) is 42.0 Å². The minimum atomic E-state index is -0.584. The van der Waals surface area contributed by atoms with Crippen molar-refractivity contribution in [1.29, 1.82) is 0 Å². The fraction of sp³-hybridized carbons (Fsp3) is 0.308. The van der Waals surface area contributed by atoms with Gasteiger partial charge in [-0.25, -0.2) is 4.68 Å². The molecule has 3 aromatic rings. The van der Waals surface area contributed by atoms with E-state index in [0.717, 1.165) is 0 Å². The number of hydrogen-bond acceptors (Lipinski definition) is 6. The van der Waals surface area contributed by atoms with Crippen molar-refractivity contribution in [2.75, 3.05) is 0 Å². The quantitative estimate of drug-likeness (QED) is 0.765. The number of furan rings is 1. The predicted molar refractivity (Wildman–Crippen MR) is 68.6 cm³/mol. The smallest absolute Gasteiger partial charge is 0.202 e. The summed E-state index contributed by atoms with van der Waals surface area (Å²) in [5.41, 5.74) is 1.26. The topological polar surface area (TPSA) is 90.1 Å². The Kier molecular flexibility index (Phi) is 3.34. The second-order valence-electron chi connectivity index (χ2n) is 4.42. The molecule has 0 bridgehead atoms. The molecule has 0 aliphatic heterocycles. The highest BCUT2D eigenvalue weighted by molar-refractivity contribution is 5.49. The summed E-state index contributed by atoms with van der Waals surface area (Å²) >= 11 is 0. The van der Waals surface area contributed by atoms with Crippen LogP contribution >= 0.6 is 0 Å². The van der Waals surface area contributed by atoms with Crippen molar-refractivity contribution in [2.24, 2.45) is 0 Å². The van der Waals surface area contributed by atoms with Gasteiger partial charge in [0.1, 0.15) is 11.4 Å². The van der Waals surface area contributed by atoms with Crippen LogP contribution < -0.4 is 0 Å². The molecule has 0 radical (unpaired) electrons. The van der Waals surface area contributed by atoms with Gasteiger partial charge < -0.3 is 14.0 Å². The molecule has 1 atom stereocenters. The SMILES string of the molecule is CCC(O)c1cn(Cc2cc(-c3ccco3)on2)nn1. The van der Waals surface area contributed by atoms with E-state index in [1.54, 1.807) is 35.3 Å². The lowest BCUT2D eigenvalue weighted by atomic mass is 10.2. The second-order valence-corrected chi connectivity index (χ2v) is 4.42. The Hall–Kier alpha value is -2.41. The zero-order valence-corrected chi connectivity index (χ0v) is 10.9. The lowest BCUT2D eigenvalue weighted by molar-refractivity contribution is 0.168. The van der Waals surface area contributed by atoms with Gasteiger partial charge in [-0.15, -0.1) is 5.10 Å². The fourth-order valence-electron chi connectivity index (χ4n) is 1.84. The van der Waals surface area contributed by atoms with Crippen LogP contribution in [0.2, 0.25) is 0 Å². The largest absolute Gasteiger partial charge is 0.461 e. The summed E-state index contributed by atoms with van der Waals surface area (Å²) in [7, 11) is 0. The van der Waals surface area contributed by atoms with Gasteiger partial charge in [-0.3, -0.25) is 0 Å². The molecule has 0 aromatic carbocycles. The lowest BCUT2D eigenvalue weighted by Gasteiger charge is -2.00. The number of hydrogen-bond donors (Lipinski definition) is 1. The number of nitrogens with zero attached hydrogens (tertiary/aromatic N) is 4. The lowest BCUT2D eigenvalue weighted by Crippen LogP contribution is -2.00. The van der Waals surface area contributed by atoms with Crippen molar-refractivity contribution < 1.29 is 14.0 Å². The second kappa shape index (κ2) is 5.30. The molecule has 7 nitrogen and oxygen atoms in total. The van der Waals surface area contributed by atoms with Crippen molar-refractivity contribution in [2.45, 2.75) is 26.0 Å². The third-order valence-electron chi connectivity index (χ3n) is 2.93. The molecule has 20 heavy (non-hydrogen) atoms. The highest BCUT2D eigenvalue weighted by atomic mass is 16.5. The molecule has 7 heteroatoms. The highest BCUT2D eigenvalue weighted by Crippen LogP contribution is 2.21. The summed E-state index contributed by atoms with van der Waals surface area (Å²) < 4.78 is 12.0. The Balaban J connectivity index is 1.73. The van der Waals surface area contributed by atoms with E-state index in [1.807, 2.05) is 6.92 Å². The molecule has 0 aliphatic carbocycles. The van der Waals surface area contributed by atoms with Gasteiger partial charge in [0, 0.05) is 6.07 Å². The first-order valence-electron chi connectivity index (χ1n) is 6.34. The van der Waals surface area contributed by atoms with Crippen molar-refractivity contribution >= 4 is 0 Å². The minimum Gasteiger partial charge on any atom is -0.461 e. The van der Waals surface area contributed by atoms with Crippen LogP contribution in [0.4, 0.5) is 0 Å². The van der Waals surface area contributed by atoms with Gasteiger partial charge in [0.2, 0.25) is 5.76 Å². The van der Waals surface area contributed by atoms with Crippen LogP contribution in [0.5, 0.6) is 0 Å². The maximum atomic E-state index is 9.68. The summed E-state index contributed by atoms with van der Waals surface area (Å²) in [4.78, 5) is 0. The monoisotopic (exact) mass is 274 g/mol. The molecule has 0 amide bonds. The Morgan fingerprint density at radius 3 is 3.05 bits per heavy atom. The third-order valence-corrected chi connectivity index (χ3v) is 2.93. The van der Waals surface area contributed by atoms with E-state index >= 15 is 0 Å². The van der Waals surface area contributed by atoms with Gasteiger partial charge in [-0.2, -0.15) is 0 Å². The molecule has 1 unspecified atom stereocenters. The Labute approximate surface area is 114 Å². The van der Waals surface area contributed by atoms with Gasteiger partial charge in [0.15, 0.2) is 5.76 Å². The molecular weight excluding hydrogens is 260 g/mol. The molecular formula is C13H14N4O3. The first-order chi connectivity index (χ1) is 9.76. The zero-order chi connectivity index (χ0) is 13.9. The van der Waals surface area contributed by atoms with Gasteiger partial charge >= 0.3 is 0 Å². The number of aromatic nitrogens is 4. The van der Waals surface area contributed by atoms with E-state index in [1.165, 1.54) is 0 Å². The van der Waals surface area contributed by atoms with Crippen molar-refractivity contribution in [3.63, 3.8) is 0 Å². The van der Waals surface area contributed by atoms with Gasteiger partial charge in [0.25, 0.3) is 0 Å². The van der Waals surface area contributed by atoms with Gasteiger partial charge in [-0.05, 0) is 18.6 Å². The average molecular weight is 274 g/mol. The Morgan fingerprint density at radius 2 is 2.30 bits per heavy atom. The molecule has 0 saturated carbocycles. The molecule has 3 rings (SSSR count). The van der Waals surface area contributed by atoms with Crippen LogP contribution in [-0.2, 0) is 6.54 Å². The number of aliphatic hydroxyl groups is 1.